The number of rotatable bonds is 1. The molecule has 2 aromatic heterocycles. The summed E-state index contributed by atoms with van der Waals surface area (Å²) in [6.45, 7) is 0. The van der Waals surface area contributed by atoms with Crippen LogP contribution in [0.2, 0.25) is 0 Å². The Bertz CT molecular complexity index is 941. The van der Waals surface area contributed by atoms with Crippen molar-refractivity contribution in [3.63, 3.8) is 0 Å². The molecule has 1 radical (unpaired) electrons. The molecule has 0 N–H and O–H groups in total. The average Bonchev–Trinajstić information content (AvgIpc) is 2.96. The smallest absolute Gasteiger partial charge is 0.145 e. The number of fused-ring (bicyclic) bond motifs is 6. The molecule has 2 heterocycles. The predicted molar refractivity (Wildman–Crippen MR) is 80.1 cm³/mol. The van der Waals surface area contributed by atoms with Crippen LogP contribution in [0.15, 0.2) is 48.7 Å². The fourth-order valence-corrected chi connectivity index (χ4v) is 2.70. The second kappa shape index (κ2) is 5.14. The van der Waals surface area contributed by atoms with Gasteiger partial charge in [-0.2, -0.15) is 28.8 Å². The zero-order chi connectivity index (χ0) is 13.7. The normalized spacial score (nSPS) is 11.0. The SMILES string of the molecule is CN(C)c1ccc2c3ccc[c-]c3[n+]3[c-]ccn3c2c1.[Ir]. The van der Waals surface area contributed by atoms with Gasteiger partial charge >= 0.3 is 0 Å². The van der Waals surface area contributed by atoms with Crippen LogP contribution in [-0.4, -0.2) is 18.6 Å². The minimum Gasteiger partial charge on any atom is -0.378 e. The fraction of sp³-hybridized carbons (Fsp3) is 0.118. The molecule has 4 aromatic rings. The van der Waals surface area contributed by atoms with E-state index >= 15 is 0 Å². The molecule has 0 bridgehead atoms. The Morgan fingerprint density at radius 1 is 1.10 bits per heavy atom. The third-order valence-corrected chi connectivity index (χ3v) is 3.71. The van der Waals surface area contributed by atoms with Crippen molar-refractivity contribution < 1.29 is 24.6 Å². The molecule has 0 aliphatic rings. The van der Waals surface area contributed by atoms with E-state index in [1.165, 1.54) is 22.0 Å². The van der Waals surface area contributed by atoms with E-state index in [4.69, 9.17) is 0 Å². The van der Waals surface area contributed by atoms with E-state index in [-0.39, 0.29) is 20.1 Å². The van der Waals surface area contributed by atoms with Crippen LogP contribution >= 0.6 is 0 Å². The van der Waals surface area contributed by atoms with Crippen LogP contribution in [0.4, 0.5) is 5.69 Å². The quantitative estimate of drug-likeness (QED) is 0.246. The Morgan fingerprint density at radius 2 is 1.95 bits per heavy atom. The van der Waals surface area contributed by atoms with E-state index < -0.39 is 0 Å². The average molecular weight is 453 g/mol. The van der Waals surface area contributed by atoms with Crippen LogP contribution in [0.1, 0.15) is 0 Å². The molecule has 21 heavy (non-hydrogen) atoms. The number of anilines is 1. The molecule has 0 spiro atoms. The van der Waals surface area contributed by atoms with Crippen molar-refractivity contribution >= 4 is 27.5 Å². The van der Waals surface area contributed by atoms with E-state index in [2.05, 4.69) is 60.0 Å². The van der Waals surface area contributed by atoms with Gasteiger partial charge in [-0.1, -0.05) is 17.5 Å². The second-order valence-corrected chi connectivity index (χ2v) is 5.13. The van der Waals surface area contributed by atoms with Gasteiger partial charge in [0.1, 0.15) is 6.20 Å². The standard InChI is InChI=1S/C17H14N3.Ir/c1-18(2)13-8-9-15-14-6-3-4-7-16(14)19-10-5-11-20(19)17(15)12-13;/h3-6,8-9,11-12H,1-2H3;/q-1;. The summed E-state index contributed by atoms with van der Waals surface area (Å²) in [6, 6.07) is 17.9. The van der Waals surface area contributed by atoms with E-state index in [0.717, 1.165) is 5.52 Å². The molecule has 4 rings (SSSR count). The Kier molecular flexibility index (Phi) is 3.44. The monoisotopic (exact) mass is 453 g/mol. The molecule has 107 valence electrons. The molecular formula is C17H14IrN3-. The van der Waals surface area contributed by atoms with Gasteiger partial charge in [-0.3, -0.25) is 0 Å². The number of nitrogens with zero attached hydrogens (tertiary/aromatic N) is 3. The maximum atomic E-state index is 3.31. The van der Waals surface area contributed by atoms with Gasteiger partial charge in [0, 0.05) is 45.4 Å². The van der Waals surface area contributed by atoms with Crippen molar-refractivity contribution in [3.8, 4) is 0 Å². The molecule has 0 unspecified atom stereocenters. The topological polar surface area (TPSA) is 11.8 Å². The number of para-hydroxylation sites is 1. The van der Waals surface area contributed by atoms with Crippen LogP contribution in [0.3, 0.4) is 0 Å². The minimum atomic E-state index is 0. The maximum absolute atomic E-state index is 3.31. The Hall–Kier alpha value is -1.90. The van der Waals surface area contributed by atoms with Crippen LogP contribution in [0.25, 0.3) is 21.8 Å². The van der Waals surface area contributed by atoms with Gasteiger partial charge in [-0.05, 0) is 18.3 Å². The molecule has 0 aliphatic carbocycles. The van der Waals surface area contributed by atoms with Crippen molar-refractivity contribution in [2.75, 3.05) is 19.0 Å². The summed E-state index contributed by atoms with van der Waals surface area (Å²) in [5, 5.41) is 2.42. The molecule has 0 saturated carbocycles. The molecular weight excluding hydrogens is 438 g/mol. The molecule has 0 aliphatic heterocycles. The van der Waals surface area contributed by atoms with Gasteiger partial charge in [0.15, 0.2) is 0 Å². The van der Waals surface area contributed by atoms with Gasteiger partial charge in [-0.25, -0.2) is 4.52 Å². The first-order valence-corrected chi connectivity index (χ1v) is 6.60. The van der Waals surface area contributed by atoms with Gasteiger partial charge < -0.3 is 4.90 Å². The number of hydrogen-bond acceptors (Lipinski definition) is 1. The van der Waals surface area contributed by atoms with Crippen LogP contribution in [-0.2, 0) is 20.1 Å². The van der Waals surface area contributed by atoms with E-state index in [1.807, 2.05) is 28.9 Å². The molecule has 4 heteroatoms. The van der Waals surface area contributed by atoms with Crippen molar-refractivity contribution in [2.24, 2.45) is 0 Å². The number of aromatic nitrogens is 2. The second-order valence-electron chi connectivity index (χ2n) is 5.13. The Labute approximate surface area is 136 Å². The van der Waals surface area contributed by atoms with Crippen molar-refractivity contribution in [3.05, 3.63) is 60.9 Å². The van der Waals surface area contributed by atoms with Gasteiger partial charge in [0.2, 0.25) is 0 Å². The van der Waals surface area contributed by atoms with Gasteiger partial charge in [-0.15, -0.1) is 5.39 Å². The molecule has 0 saturated heterocycles. The fourth-order valence-electron chi connectivity index (χ4n) is 2.70. The van der Waals surface area contributed by atoms with Crippen molar-refractivity contribution in [1.82, 2.24) is 4.52 Å². The first-order valence-electron chi connectivity index (χ1n) is 6.60. The van der Waals surface area contributed by atoms with E-state index in [1.54, 1.807) is 0 Å². The first kappa shape index (κ1) is 14.1. The summed E-state index contributed by atoms with van der Waals surface area (Å²) in [7, 11) is 4.12. The number of benzene rings is 2. The van der Waals surface area contributed by atoms with Crippen LogP contribution in [0, 0.1) is 12.3 Å². The molecule has 3 nitrogen and oxygen atoms in total. The minimum absolute atomic E-state index is 0. The van der Waals surface area contributed by atoms with E-state index in [9.17, 15) is 0 Å². The van der Waals surface area contributed by atoms with Crippen LogP contribution in [0.5, 0.6) is 0 Å². The summed E-state index contributed by atoms with van der Waals surface area (Å²) >= 11 is 0. The molecule has 0 atom stereocenters. The zero-order valence-electron chi connectivity index (χ0n) is 11.8. The van der Waals surface area contributed by atoms with Gasteiger partial charge in [0.25, 0.3) is 0 Å². The summed E-state index contributed by atoms with van der Waals surface area (Å²) in [6.07, 6.45) is 5.27. The predicted octanol–water partition coefficient (Wildman–Crippen LogP) is 2.50. The third kappa shape index (κ3) is 2.03. The first-order chi connectivity index (χ1) is 9.75. The Balaban J connectivity index is 0.00000132. The zero-order valence-corrected chi connectivity index (χ0v) is 14.2. The molecule has 0 fully saturated rings. The van der Waals surface area contributed by atoms with Gasteiger partial charge in [0.05, 0.1) is 5.52 Å². The summed E-state index contributed by atoms with van der Waals surface area (Å²) in [4.78, 5) is 2.12. The maximum Gasteiger partial charge on any atom is 0.145 e. The Morgan fingerprint density at radius 3 is 2.76 bits per heavy atom. The summed E-state index contributed by atoms with van der Waals surface area (Å²) < 4.78 is 4.12. The summed E-state index contributed by atoms with van der Waals surface area (Å²) in [5.74, 6) is 0. The van der Waals surface area contributed by atoms with E-state index in [0.29, 0.717) is 0 Å². The third-order valence-electron chi connectivity index (χ3n) is 3.71. The largest absolute Gasteiger partial charge is 0.378 e. The molecule has 2 aromatic carbocycles. The number of hydrogen-bond donors (Lipinski definition) is 0. The molecule has 0 amide bonds. The summed E-state index contributed by atoms with van der Waals surface area (Å²) in [5.41, 5.74) is 3.40. The van der Waals surface area contributed by atoms with Crippen LogP contribution < -0.4 is 9.42 Å². The van der Waals surface area contributed by atoms with Crippen molar-refractivity contribution in [1.29, 1.82) is 0 Å². The van der Waals surface area contributed by atoms with Crippen molar-refractivity contribution in [2.45, 2.75) is 0 Å².